The molecule has 2 aromatic carbocycles. The number of terminal acetylenes is 1. The summed E-state index contributed by atoms with van der Waals surface area (Å²) in [6.07, 6.45) is 4.93. The molecule has 0 aliphatic rings. The fraction of sp³-hybridized carbons (Fsp3) is 0.286. The molecule has 0 aliphatic carbocycles. The second kappa shape index (κ2) is 7.11. The van der Waals surface area contributed by atoms with Crippen LogP contribution in [0.15, 0.2) is 36.4 Å². The monoisotopic (exact) mass is 319 g/mol. The van der Waals surface area contributed by atoms with Crippen molar-refractivity contribution in [2.75, 3.05) is 18.6 Å². The van der Waals surface area contributed by atoms with Crippen molar-refractivity contribution >= 4 is 22.6 Å². The van der Waals surface area contributed by atoms with E-state index < -0.39 is 6.09 Å². The molecule has 24 heavy (non-hydrogen) atoms. The fourth-order valence-electron chi connectivity index (χ4n) is 2.28. The van der Waals surface area contributed by atoms with E-state index in [9.17, 15) is 4.79 Å². The summed E-state index contributed by atoms with van der Waals surface area (Å²) in [6.45, 7) is 6.35. The Kier molecular flexibility index (Phi) is 5.17. The number of ether oxygens (including phenoxy) is 1. The van der Waals surface area contributed by atoms with Crippen LogP contribution in [0.3, 0.4) is 0 Å². The minimum absolute atomic E-state index is 0.0734. The van der Waals surface area contributed by atoms with Crippen molar-refractivity contribution in [2.24, 2.45) is 5.41 Å². The molecule has 0 radical (unpaired) electrons. The molecule has 0 atom stereocenters. The highest BCUT2D eigenvalue weighted by Crippen LogP contribution is 2.28. The van der Waals surface area contributed by atoms with Crippen molar-refractivity contribution in [3.63, 3.8) is 0 Å². The molecule has 2 aromatic rings. The molecule has 1 amide bonds. The van der Waals surface area contributed by atoms with Gasteiger partial charge in [-0.1, -0.05) is 36.0 Å². The molecule has 0 unspecified atom stereocenters. The molecule has 2 rings (SSSR count). The number of benzene rings is 2. The second-order valence-corrected chi connectivity index (χ2v) is 6.47. The summed E-state index contributed by atoms with van der Waals surface area (Å²) in [5, 5.41) is 1.93. The van der Waals surface area contributed by atoms with E-state index in [4.69, 9.17) is 11.2 Å². The van der Waals surface area contributed by atoms with Gasteiger partial charge in [0.05, 0.1) is 19.3 Å². The Labute approximate surface area is 143 Å². The molecule has 3 heteroatoms. The Balaban J connectivity index is 2.59. The van der Waals surface area contributed by atoms with Gasteiger partial charge >= 0.3 is 6.09 Å². The molecule has 0 N–H and O–H groups in total. The third-order valence-electron chi connectivity index (χ3n) is 3.38. The van der Waals surface area contributed by atoms with Crippen LogP contribution < -0.4 is 4.90 Å². The number of methoxy groups -OCH3 is 1. The SMILES string of the molecule is C#CCN(C(=O)OC)c1cccc2ccc(C#CC(C)(C)C)cc12. The van der Waals surface area contributed by atoms with E-state index in [0.29, 0.717) is 0 Å². The molecule has 0 heterocycles. The Bertz CT molecular complexity index is 857. The fourth-order valence-corrected chi connectivity index (χ4v) is 2.28. The topological polar surface area (TPSA) is 29.5 Å². The number of amides is 1. The molecule has 0 bridgehead atoms. The average Bonchev–Trinajstić information content (AvgIpc) is 2.56. The molecular weight excluding hydrogens is 298 g/mol. The number of hydrogen-bond donors (Lipinski definition) is 0. The number of carbonyl (C=O) groups excluding carboxylic acids is 1. The van der Waals surface area contributed by atoms with Gasteiger partial charge in [0.25, 0.3) is 0 Å². The van der Waals surface area contributed by atoms with Gasteiger partial charge in [0.2, 0.25) is 0 Å². The minimum atomic E-state index is -0.480. The van der Waals surface area contributed by atoms with Crippen LogP contribution in [-0.4, -0.2) is 19.7 Å². The Morgan fingerprint density at radius 3 is 2.62 bits per heavy atom. The summed E-state index contributed by atoms with van der Waals surface area (Å²) in [5.41, 5.74) is 1.54. The Morgan fingerprint density at radius 1 is 1.25 bits per heavy atom. The van der Waals surface area contributed by atoms with Crippen molar-refractivity contribution in [3.8, 4) is 24.2 Å². The van der Waals surface area contributed by atoms with Crippen LogP contribution in [0.5, 0.6) is 0 Å². The van der Waals surface area contributed by atoms with E-state index >= 15 is 0 Å². The average molecular weight is 319 g/mol. The van der Waals surface area contributed by atoms with E-state index in [1.807, 2.05) is 36.4 Å². The van der Waals surface area contributed by atoms with Crippen LogP contribution in [0.25, 0.3) is 10.8 Å². The van der Waals surface area contributed by atoms with Crippen LogP contribution in [-0.2, 0) is 4.74 Å². The summed E-state index contributed by atoms with van der Waals surface area (Å²) in [6, 6.07) is 11.7. The van der Waals surface area contributed by atoms with Crippen LogP contribution >= 0.6 is 0 Å². The lowest BCUT2D eigenvalue weighted by atomic mass is 9.97. The van der Waals surface area contributed by atoms with Crippen molar-refractivity contribution in [1.29, 1.82) is 0 Å². The summed E-state index contributed by atoms with van der Waals surface area (Å²) in [7, 11) is 1.34. The number of hydrogen-bond acceptors (Lipinski definition) is 2. The molecule has 3 nitrogen and oxygen atoms in total. The van der Waals surface area contributed by atoms with Crippen molar-refractivity contribution in [3.05, 3.63) is 42.0 Å². The van der Waals surface area contributed by atoms with Gasteiger partial charge in [-0.3, -0.25) is 4.90 Å². The van der Waals surface area contributed by atoms with Gasteiger partial charge < -0.3 is 4.74 Å². The van der Waals surface area contributed by atoms with E-state index in [-0.39, 0.29) is 12.0 Å². The first kappa shape index (κ1) is 17.4. The zero-order chi connectivity index (χ0) is 17.7. The van der Waals surface area contributed by atoms with E-state index in [0.717, 1.165) is 22.0 Å². The standard InChI is InChI=1S/C21H21NO2/c1-6-14-22(20(23)24-5)19-9-7-8-17-11-10-16(15-18(17)19)12-13-21(2,3)4/h1,7-11,15H,14H2,2-5H3. The first-order valence-electron chi connectivity index (χ1n) is 7.70. The smallest absolute Gasteiger partial charge is 0.414 e. The highest BCUT2D eigenvalue weighted by molar-refractivity contribution is 6.02. The van der Waals surface area contributed by atoms with Crippen LogP contribution in [0.4, 0.5) is 10.5 Å². The highest BCUT2D eigenvalue weighted by Gasteiger charge is 2.17. The Morgan fingerprint density at radius 2 is 2.00 bits per heavy atom. The summed E-state index contributed by atoms with van der Waals surface area (Å²) >= 11 is 0. The van der Waals surface area contributed by atoms with Gasteiger partial charge in [0.1, 0.15) is 0 Å². The van der Waals surface area contributed by atoms with Crippen molar-refractivity contribution in [1.82, 2.24) is 0 Å². The maximum absolute atomic E-state index is 12.1. The number of nitrogens with zero attached hydrogens (tertiary/aromatic N) is 1. The lowest BCUT2D eigenvalue weighted by Crippen LogP contribution is -2.31. The maximum Gasteiger partial charge on any atom is 0.414 e. The summed E-state index contributed by atoms with van der Waals surface area (Å²) in [5.74, 6) is 8.92. The molecular formula is C21H21NO2. The first-order chi connectivity index (χ1) is 11.4. The Hall–Kier alpha value is -2.91. The van der Waals surface area contributed by atoms with E-state index in [2.05, 4.69) is 38.5 Å². The highest BCUT2D eigenvalue weighted by atomic mass is 16.5. The lowest BCUT2D eigenvalue weighted by molar-refractivity contribution is 0.179. The minimum Gasteiger partial charge on any atom is -0.452 e. The number of rotatable bonds is 2. The molecule has 122 valence electrons. The first-order valence-corrected chi connectivity index (χ1v) is 7.70. The van der Waals surface area contributed by atoms with E-state index in [1.54, 1.807) is 0 Å². The van der Waals surface area contributed by atoms with Crippen LogP contribution in [0, 0.1) is 29.6 Å². The third-order valence-corrected chi connectivity index (χ3v) is 3.38. The van der Waals surface area contributed by atoms with Gasteiger partial charge in [-0.05, 0) is 44.4 Å². The largest absolute Gasteiger partial charge is 0.452 e. The molecule has 0 aliphatic heterocycles. The zero-order valence-electron chi connectivity index (χ0n) is 14.5. The quantitative estimate of drug-likeness (QED) is 0.766. The molecule has 0 spiro atoms. The number of fused-ring (bicyclic) bond motifs is 1. The van der Waals surface area contributed by atoms with Crippen LogP contribution in [0.1, 0.15) is 26.3 Å². The predicted octanol–water partition coefficient (Wildman–Crippen LogP) is 4.44. The van der Waals surface area contributed by atoms with Gasteiger partial charge in [0, 0.05) is 16.4 Å². The predicted molar refractivity (Wildman–Crippen MR) is 98.9 cm³/mol. The van der Waals surface area contributed by atoms with Gasteiger partial charge in [-0.2, -0.15) is 0 Å². The summed E-state index contributed by atoms with van der Waals surface area (Å²) < 4.78 is 4.85. The van der Waals surface area contributed by atoms with Crippen molar-refractivity contribution in [2.45, 2.75) is 20.8 Å². The molecule has 0 saturated carbocycles. The number of anilines is 1. The summed E-state index contributed by atoms with van der Waals surface area (Å²) in [4.78, 5) is 13.5. The van der Waals surface area contributed by atoms with E-state index in [1.165, 1.54) is 12.0 Å². The van der Waals surface area contributed by atoms with Crippen LogP contribution in [0.2, 0.25) is 0 Å². The van der Waals surface area contributed by atoms with Gasteiger partial charge in [-0.15, -0.1) is 6.42 Å². The second-order valence-electron chi connectivity index (χ2n) is 6.47. The maximum atomic E-state index is 12.1. The molecule has 0 aromatic heterocycles. The van der Waals surface area contributed by atoms with Gasteiger partial charge in [-0.25, -0.2) is 4.79 Å². The van der Waals surface area contributed by atoms with Gasteiger partial charge in [0.15, 0.2) is 0 Å². The normalized spacial score (nSPS) is 10.5. The molecule has 0 saturated heterocycles. The number of carbonyl (C=O) groups is 1. The third kappa shape index (κ3) is 4.09. The lowest BCUT2D eigenvalue weighted by Gasteiger charge is -2.20. The zero-order valence-corrected chi connectivity index (χ0v) is 14.5. The molecule has 0 fully saturated rings. The van der Waals surface area contributed by atoms with Crippen molar-refractivity contribution < 1.29 is 9.53 Å².